The maximum atomic E-state index is 12.0. The molecule has 23 heavy (non-hydrogen) atoms. The zero-order chi connectivity index (χ0) is 16.3. The quantitative estimate of drug-likeness (QED) is 0.667. The number of rotatable bonds is 9. The van der Waals surface area contributed by atoms with Crippen LogP contribution in [0.25, 0.3) is 0 Å². The minimum absolute atomic E-state index is 0.136. The van der Waals surface area contributed by atoms with Crippen molar-refractivity contribution in [2.75, 3.05) is 20.2 Å². The van der Waals surface area contributed by atoms with Crippen LogP contribution in [0.2, 0.25) is 0 Å². The molecule has 0 spiro atoms. The van der Waals surface area contributed by atoms with Gasteiger partial charge in [-0.2, -0.15) is 0 Å². The molecular formula is C18H23N3O2. The molecule has 0 unspecified atom stereocenters. The van der Waals surface area contributed by atoms with Crippen LogP contribution in [-0.2, 0) is 22.6 Å². The fourth-order valence-electron chi connectivity index (χ4n) is 2.15. The minimum Gasteiger partial charge on any atom is -0.377 e. The summed E-state index contributed by atoms with van der Waals surface area (Å²) in [4.78, 5) is 22.0. The molecule has 0 fully saturated rings. The summed E-state index contributed by atoms with van der Waals surface area (Å²) in [5.41, 5.74) is 2.05. The van der Waals surface area contributed by atoms with Gasteiger partial charge in [-0.05, 0) is 12.0 Å². The van der Waals surface area contributed by atoms with Crippen molar-refractivity contribution in [3.63, 3.8) is 0 Å². The lowest BCUT2D eigenvalue weighted by atomic mass is 10.2. The summed E-state index contributed by atoms with van der Waals surface area (Å²) in [6.07, 6.45) is 7.01. The van der Waals surface area contributed by atoms with Gasteiger partial charge in [0.1, 0.15) is 0 Å². The van der Waals surface area contributed by atoms with Crippen molar-refractivity contribution in [3.05, 3.63) is 60.2 Å². The Kier molecular flexibility index (Phi) is 7.20. The highest BCUT2D eigenvalue weighted by Gasteiger charge is 2.08. The summed E-state index contributed by atoms with van der Waals surface area (Å²) >= 11 is 0. The van der Waals surface area contributed by atoms with E-state index in [-0.39, 0.29) is 5.91 Å². The molecule has 0 radical (unpaired) electrons. The van der Waals surface area contributed by atoms with Crippen LogP contribution in [-0.4, -0.2) is 41.0 Å². The molecule has 0 aliphatic carbocycles. The lowest BCUT2D eigenvalue weighted by Gasteiger charge is -2.16. The van der Waals surface area contributed by atoms with Crippen LogP contribution in [0.15, 0.2) is 48.9 Å². The second-order valence-electron chi connectivity index (χ2n) is 5.40. The number of ether oxygens (including phenoxy) is 1. The Morgan fingerprint density at radius 2 is 2.04 bits per heavy atom. The van der Waals surface area contributed by atoms with Crippen molar-refractivity contribution in [2.24, 2.45) is 0 Å². The van der Waals surface area contributed by atoms with Crippen LogP contribution in [0.4, 0.5) is 0 Å². The Bertz CT molecular complexity index is 575. The van der Waals surface area contributed by atoms with Crippen molar-refractivity contribution < 1.29 is 9.53 Å². The summed E-state index contributed by atoms with van der Waals surface area (Å²) in [7, 11) is 1.82. The first-order chi connectivity index (χ1) is 11.3. The highest BCUT2D eigenvalue weighted by atomic mass is 16.5. The number of likely N-dealkylation sites (N-methyl/N-ethyl adjacent to an activating group) is 1. The average Bonchev–Trinajstić information content (AvgIpc) is 2.61. The van der Waals surface area contributed by atoms with Gasteiger partial charge in [0.25, 0.3) is 0 Å². The average molecular weight is 313 g/mol. The second-order valence-corrected chi connectivity index (χ2v) is 5.40. The Labute approximate surface area is 137 Å². The van der Waals surface area contributed by atoms with Gasteiger partial charge in [-0.25, -0.2) is 0 Å². The SMILES string of the molecule is CN(CCc1cnccn1)C(=O)CCCOCc1ccccc1. The predicted molar refractivity (Wildman–Crippen MR) is 88.7 cm³/mol. The number of nitrogens with zero attached hydrogens (tertiary/aromatic N) is 3. The molecule has 2 rings (SSSR count). The van der Waals surface area contributed by atoms with Crippen molar-refractivity contribution in [2.45, 2.75) is 25.9 Å². The van der Waals surface area contributed by atoms with E-state index in [2.05, 4.69) is 9.97 Å². The molecular weight excluding hydrogens is 290 g/mol. The summed E-state index contributed by atoms with van der Waals surface area (Å²) in [6, 6.07) is 10.0. The third-order valence-corrected chi connectivity index (χ3v) is 3.54. The fraction of sp³-hybridized carbons (Fsp3) is 0.389. The third-order valence-electron chi connectivity index (χ3n) is 3.54. The number of hydrogen-bond acceptors (Lipinski definition) is 4. The smallest absolute Gasteiger partial charge is 0.222 e. The van der Waals surface area contributed by atoms with E-state index in [0.29, 0.717) is 26.2 Å². The predicted octanol–water partition coefficient (Wildman–Crippen LogP) is 2.47. The molecule has 0 aliphatic rings. The highest BCUT2D eigenvalue weighted by molar-refractivity contribution is 5.75. The molecule has 0 aliphatic heterocycles. The Morgan fingerprint density at radius 1 is 1.22 bits per heavy atom. The van der Waals surface area contributed by atoms with Gasteiger partial charge in [-0.15, -0.1) is 0 Å². The standard InChI is InChI=1S/C18H23N3O2/c1-21(12-9-17-14-19-10-11-20-17)18(22)8-5-13-23-15-16-6-3-2-4-7-16/h2-4,6-7,10-11,14H,5,8-9,12-13,15H2,1H3. The molecule has 1 aromatic carbocycles. The van der Waals surface area contributed by atoms with Crippen LogP contribution >= 0.6 is 0 Å². The molecule has 122 valence electrons. The number of carbonyl (C=O) groups is 1. The topological polar surface area (TPSA) is 55.3 Å². The molecule has 2 aromatic rings. The van der Waals surface area contributed by atoms with Gasteiger partial charge < -0.3 is 9.64 Å². The molecule has 0 N–H and O–H groups in total. The van der Waals surface area contributed by atoms with Crippen LogP contribution in [0.5, 0.6) is 0 Å². The Balaban J connectivity index is 1.57. The molecule has 1 amide bonds. The molecule has 5 heteroatoms. The largest absolute Gasteiger partial charge is 0.377 e. The van der Waals surface area contributed by atoms with Gasteiger partial charge in [0, 0.05) is 51.6 Å². The molecule has 0 saturated heterocycles. The monoisotopic (exact) mass is 313 g/mol. The summed E-state index contributed by atoms with van der Waals surface area (Å²) in [5.74, 6) is 0.136. The summed E-state index contributed by atoms with van der Waals surface area (Å²) in [6.45, 7) is 1.85. The Hall–Kier alpha value is -2.27. The van der Waals surface area contributed by atoms with E-state index < -0.39 is 0 Å². The van der Waals surface area contributed by atoms with E-state index >= 15 is 0 Å². The first-order valence-electron chi connectivity index (χ1n) is 7.86. The van der Waals surface area contributed by atoms with Crippen LogP contribution < -0.4 is 0 Å². The molecule has 0 saturated carbocycles. The van der Waals surface area contributed by atoms with E-state index in [1.165, 1.54) is 0 Å². The van der Waals surface area contributed by atoms with Crippen molar-refractivity contribution in [3.8, 4) is 0 Å². The molecule has 0 atom stereocenters. The lowest BCUT2D eigenvalue weighted by molar-refractivity contribution is -0.130. The third kappa shape index (κ3) is 6.57. The fourth-order valence-corrected chi connectivity index (χ4v) is 2.15. The van der Waals surface area contributed by atoms with Gasteiger partial charge in [-0.3, -0.25) is 14.8 Å². The first-order valence-corrected chi connectivity index (χ1v) is 7.86. The van der Waals surface area contributed by atoms with Gasteiger partial charge >= 0.3 is 0 Å². The zero-order valence-electron chi connectivity index (χ0n) is 13.5. The lowest BCUT2D eigenvalue weighted by Crippen LogP contribution is -2.29. The normalized spacial score (nSPS) is 10.5. The van der Waals surface area contributed by atoms with E-state index in [9.17, 15) is 4.79 Å². The summed E-state index contributed by atoms with van der Waals surface area (Å²) in [5, 5.41) is 0. The van der Waals surface area contributed by atoms with Crippen LogP contribution in [0.3, 0.4) is 0 Å². The van der Waals surface area contributed by atoms with Gasteiger partial charge in [0.05, 0.1) is 12.3 Å². The first kappa shape index (κ1) is 17.1. The van der Waals surface area contributed by atoms with Gasteiger partial charge in [-0.1, -0.05) is 30.3 Å². The van der Waals surface area contributed by atoms with E-state index in [1.807, 2.05) is 37.4 Å². The van der Waals surface area contributed by atoms with Gasteiger partial charge in [0.2, 0.25) is 5.91 Å². The van der Waals surface area contributed by atoms with E-state index in [4.69, 9.17) is 4.74 Å². The van der Waals surface area contributed by atoms with Crippen LogP contribution in [0, 0.1) is 0 Å². The number of hydrogen-bond donors (Lipinski definition) is 0. The van der Waals surface area contributed by atoms with Crippen molar-refractivity contribution in [1.29, 1.82) is 0 Å². The van der Waals surface area contributed by atoms with Crippen LogP contribution in [0.1, 0.15) is 24.1 Å². The Morgan fingerprint density at radius 3 is 2.78 bits per heavy atom. The van der Waals surface area contributed by atoms with Gasteiger partial charge in [0.15, 0.2) is 0 Å². The molecule has 0 bridgehead atoms. The maximum Gasteiger partial charge on any atom is 0.222 e. The van der Waals surface area contributed by atoms with Crippen molar-refractivity contribution in [1.82, 2.24) is 14.9 Å². The van der Waals surface area contributed by atoms with Crippen molar-refractivity contribution >= 4 is 5.91 Å². The van der Waals surface area contributed by atoms with E-state index in [0.717, 1.165) is 24.1 Å². The number of aromatic nitrogens is 2. The maximum absolute atomic E-state index is 12.0. The van der Waals surface area contributed by atoms with E-state index in [1.54, 1.807) is 23.5 Å². The zero-order valence-corrected chi connectivity index (χ0v) is 13.5. The molecule has 1 aromatic heterocycles. The number of amides is 1. The second kappa shape index (κ2) is 9.69. The molecule has 5 nitrogen and oxygen atoms in total. The highest BCUT2D eigenvalue weighted by Crippen LogP contribution is 2.03. The number of carbonyl (C=O) groups excluding carboxylic acids is 1. The summed E-state index contributed by atoms with van der Waals surface area (Å²) < 4.78 is 5.59. The minimum atomic E-state index is 0.136. The molecule has 1 heterocycles. The number of benzene rings is 1.